The van der Waals surface area contributed by atoms with Gasteiger partial charge in [-0.2, -0.15) is 0 Å². The van der Waals surface area contributed by atoms with Gasteiger partial charge in [0.15, 0.2) is 11.6 Å². The van der Waals surface area contributed by atoms with E-state index in [9.17, 15) is 4.79 Å². The second-order valence-corrected chi connectivity index (χ2v) is 5.20. The SMILES string of the molecule is Cc1cc(NC(=O)Cc2ccc(OCc3nnnn3C)cc2)no1. The van der Waals surface area contributed by atoms with Gasteiger partial charge in [0.05, 0.1) is 6.42 Å². The Balaban J connectivity index is 1.52. The Kier molecular flexibility index (Phi) is 4.50. The fourth-order valence-corrected chi connectivity index (χ4v) is 2.02. The van der Waals surface area contributed by atoms with Crippen LogP contribution in [0.5, 0.6) is 5.75 Å². The largest absolute Gasteiger partial charge is 0.486 e. The van der Waals surface area contributed by atoms with Gasteiger partial charge in [-0.05, 0) is 35.0 Å². The molecular formula is C15H16N6O3. The molecule has 1 N–H and O–H groups in total. The maximum atomic E-state index is 11.9. The van der Waals surface area contributed by atoms with Crippen LogP contribution in [-0.4, -0.2) is 31.3 Å². The van der Waals surface area contributed by atoms with Gasteiger partial charge in [-0.1, -0.05) is 17.3 Å². The average Bonchev–Trinajstić information content (AvgIpc) is 3.15. The number of ether oxygens (including phenoxy) is 1. The lowest BCUT2D eigenvalue weighted by Crippen LogP contribution is -2.14. The van der Waals surface area contributed by atoms with Gasteiger partial charge >= 0.3 is 0 Å². The van der Waals surface area contributed by atoms with E-state index < -0.39 is 0 Å². The van der Waals surface area contributed by atoms with E-state index in [1.807, 2.05) is 12.1 Å². The van der Waals surface area contributed by atoms with Crippen molar-refractivity contribution in [3.05, 3.63) is 47.5 Å². The van der Waals surface area contributed by atoms with E-state index >= 15 is 0 Å². The predicted molar refractivity (Wildman–Crippen MR) is 83.1 cm³/mol. The van der Waals surface area contributed by atoms with Crippen LogP contribution in [0.15, 0.2) is 34.9 Å². The van der Waals surface area contributed by atoms with Gasteiger partial charge < -0.3 is 14.6 Å². The number of carbonyl (C=O) groups excluding carboxylic acids is 1. The molecule has 2 aromatic heterocycles. The molecule has 2 heterocycles. The van der Waals surface area contributed by atoms with Gasteiger partial charge in [-0.15, -0.1) is 5.10 Å². The highest BCUT2D eigenvalue weighted by atomic mass is 16.5. The number of benzene rings is 1. The molecule has 124 valence electrons. The highest BCUT2D eigenvalue weighted by Crippen LogP contribution is 2.14. The van der Waals surface area contributed by atoms with Crippen molar-refractivity contribution in [2.24, 2.45) is 7.05 Å². The minimum absolute atomic E-state index is 0.165. The predicted octanol–water partition coefficient (Wildman–Crippen LogP) is 1.27. The zero-order chi connectivity index (χ0) is 16.9. The average molecular weight is 328 g/mol. The van der Waals surface area contributed by atoms with Crippen molar-refractivity contribution in [3.63, 3.8) is 0 Å². The highest BCUT2D eigenvalue weighted by Gasteiger charge is 2.08. The molecule has 0 saturated heterocycles. The lowest BCUT2D eigenvalue weighted by molar-refractivity contribution is -0.115. The summed E-state index contributed by atoms with van der Waals surface area (Å²) >= 11 is 0. The molecule has 0 aliphatic heterocycles. The quantitative estimate of drug-likeness (QED) is 0.725. The fraction of sp³-hybridized carbons (Fsp3) is 0.267. The monoisotopic (exact) mass is 328 g/mol. The molecule has 3 rings (SSSR count). The summed E-state index contributed by atoms with van der Waals surface area (Å²) in [5.41, 5.74) is 0.861. The van der Waals surface area contributed by atoms with E-state index in [-0.39, 0.29) is 18.9 Å². The van der Waals surface area contributed by atoms with Crippen LogP contribution in [0.4, 0.5) is 5.82 Å². The van der Waals surface area contributed by atoms with E-state index in [2.05, 4.69) is 26.0 Å². The number of hydrogen-bond acceptors (Lipinski definition) is 7. The van der Waals surface area contributed by atoms with E-state index in [1.165, 1.54) is 0 Å². The minimum Gasteiger partial charge on any atom is -0.486 e. The van der Waals surface area contributed by atoms with Crippen LogP contribution in [0.3, 0.4) is 0 Å². The Hall–Kier alpha value is -3.23. The topological polar surface area (TPSA) is 108 Å². The summed E-state index contributed by atoms with van der Waals surface area (Å²) in [5, 5.41) is 17.5. The number of nitrogens with zero attached hydrogens (tertiary/aromatic N) is 5. The Morgan fingerprint density at radius 2 is 2.12 bits per heavy atom. The minimum atomic E-state index is -0.165. The van der Waals surface area contributed by atoms with Gasteiger partial charge in [-0.25, -0.2) is 4.68 Å². The first-order valence-electron chi connectivity index (χ1n) is 7.26. The standard InChI is InChI=1S/C15H16N6O3/c1-10-7-13(18-24-10)16-15(22)8-11-3-5-12(6-4-11)23-9-14-17-19-20-21(14)2/h3-7H,8-9H2,1-2H3,(H,16,18,22). The summed E-state index contributed by atoms with van der Waals surface area (Å²) < 4.78 is 12.0. The van der Waals surface area contributed by atoms with Gasteiger partial charge in [0, 0.05) is 13.1 Å². The maximum Gasteiger partial charge on any atom is 0.230 e. The molecular weight excluding hydrogens is 312 g/mol. The lowest BCUT2D eigenvalue weighted by Gasteiger charge is -2.06. The molecule has 0 bridgehead atoms. The smallest absolute Gasteiger partial charge is 0.230 e. The lowest BCUT2D eigenvalue weighted by atomic mass is 10.1. The third kappa shape index (κ3) is 3.94. The van der Waals surface area contributed by atoms with Crippen molar-refractivity contribution in [1.82, 2.24) is 25.4 Å². The number of anilines is 1. The first kappa shape index (κ1) is 15.7. The molecule has 0 unspecified atom stereocenters. The Morgan fingerprint density at radius 1 is 1.33 bits per heavy atom. The number of tetrazole rings is 1. The first-order chi connectivity index (χ1) is 11.6. The maximum absolute atomic E-state index is 11.9. The molecule has 1 aromatic carbocycles. The van der Waals surface area contributed by atoms with E-state index in [0.717, 1.165) is 5.56 Å². The number of rotatable bonds is 6. The van der Waals surface area contributed by atoms with Crippen LogP contribution in [0.1, 0.15) is 17.1 Å². The molecule has 1 amide bonds. The Labute approximate surface area is 137 Å². The second-order valence-electron chi connectivity index (χ2n) is 5.20. The Morgan fingerprint density at radius 3 is 2.75 bits per heavy atom. The molecule has 0 aliphatic carbocycles. The third-order valence-electron chi connectivity index (χ3n) is 3.26. The molecule has 0 saturated carbocycles. The van der Waals surface area contributed by atoms with Crippen LogP contribution in [-0.2, 0) is 24.9 Å². The molecule has 0 atom stereocenters. The normalized spacial score (nSPS) is 10.6. The van der Waals surface area contributed by atoms with Crippen molar-refractivity contribution in [2.45, 2.75) is 20.0 Å². The van der Waals surface area contributed by atoms with Gasteiger partial charge in [-0.3, -0.25) is 4.79 Å². The van der Waals surface area contributed by atoms with Crippen molar-refractivity contribution < 1.29 is 14.1 Å². The third-order valence-corrected chi connectivity index (χ3v) is 3.26. The summed E-state index contributed by atoms with van der Waals surface area (Å²) in [6.07, 6.45) is 0.236. The zero-order valence-electron chi connectivity index (χ0n) is 13.3. The molecule has 24 heavy (non-hydrogen) atoms. The molecule has 9 heteroatoms. The summed E-state index contributed by atoms with van der Waals surface area (Å²) in [6.45, 7) is 2.04. The van der Waals surface area contributed by atoms with Gasteiger partial charge in [0.1, 0.15) is 18.1 Å². The molecule has 3 aromatic rings. The van der Waals surface area contributed by atoms with Crippen molar-refractivity contribution in [3.8, 4) is 5.75 Å². The number of aromatic nitrogens is 5. The highest BCUT2D eigenvalue weighted by molar-refractivity contribution is 5.91. The number of hydrogen-bond donors (Lipinski definition) is 1. The van der Waals surface area contributed by atoms with Crippen molar-refractivity contribution in [2.75, 3.05) is 5.32 Å². The number of nitrogens with one attached hydrogen (secondary N) is 1. The van der Waals surface area contributed by atoms with Crippen molar-refractivity contribution in [1.29, 1.82) is 0 Å². The zero-order valence-corrected chi connectivity index (χ0v) is 13.3. The molecule has 0 spiro atoms. The van der Waals surface area contributed by atoms with Gasteiger partial charge in [0.25, 0.3) is 0 Å². The van der Waals surface area contributed by atoms with E-state index in [0.29, 0.717) is 23.2 Å². The summed E-state index contributed by atoms with van der Waals surface area (Å²) in [6, 6.07) is 8.92. The van der Waals surface area contributed by atoms with Crippen LogP contribution in [0.25, 0.3) is 0 Å². The van der Waals surface area contributed by atoms with E-state index in [1.54, 1.807) is 36.9 Å². The second kappa shape index (κ2) is 6.90. The number of aryl methyl sites for hydroxylation is 2. The van der Waals surface area contributed by atoms with Crippen LogP contribution >= 0.6 is 0 Å². The van der Waals surface area contributed by atoms with Gasteiger partial charge in [0.2, 0.25) is 5.91 Å². The summed E-state index contributed by atoms with van der Waals surface area (Å²) in [7, 11) is 1.75. The number of carbonyl (C=O) groups is 1. The first-order valence-corrected chi connectivity index (χ1v) is 7.26. The molecule has 0 radical (unpaired) electrons. The fourth-order valence-electron chi connectivity index (χ4n) is 2.02. The van der Waals surface area contributed by atoms with Crippen LogP contribution in [0.2, 0.25) is 0 Å². The van der Waals surface area contributed by atoms with E-state index in [4.69, 9.17) is 9.26 Å². The molecule has 0 fully saturated rings. The van der Waals surface area contributed by atoms with Crippen molar-refractivity contribution >= 4 is 11.7 Å². The molecule has 9 nitrogen and oxygen atoms in total. The summed E-state index contributed by atoms with van der Waals surface area (Å²) in [4.78, 5) is 11.9. The number of amides is 1. The molecule has 0 aliphatic rings. The summed E-state index contributed by atoms with van der Waals surface area (Å²) in [5.74, 6) is 2.19. The van der Waals surface area contributed by atoms with Crippen LogP contribution in [0, 0.1) is 6.92 Å². The Bertz CT molecular complexity index is 824. The van der Waals surface area contributed by atoms with Crippen LogP contribution < -0.4 is 10.1 Å².